The van der Waals surface area contributed by atoms with Gasteiger partial charge in [-0.2, -0.15) is 0 Å². The molecule has 4 heteroatoms. The molecule has 3 nitrogen and oxygen atoms in total. The number of halogens is 1. The number of nitrogens with zero attached hydrogens (tertiary/aromatic N) is 1. The third-order valence-electron chi connectivity index (χ3n) is 2.45. The van der Waals surface area contributed by atoms with Crippen LogP contribution in [-0.4, -0.2) is 24.7 Å². The van der Waals surface area contributed by atoms with Crippen LogP contribution in [0.15, 0.2) is 18.2 Å². The highest BCUT2D eigenvalue weighted by Gasteiger charge is 2.09. The van der Waals surface area contributed by atoms with Crippen molar-refractivity contribution in [3.05, 3.63) is 28.8 Å². The van der Waals surface area contributed by atoms with Crippen molar-refractivity contribution in [2.45, 2.75) is 19.8 Å². The average molecular weight is 242 g/mol. The van der Waals surface area contributed by atoms with Gasteiger partial charge < -0.3 is 10.0 Å². The minimum absolute atomic E-state index is 0.220. The molecule has 0 aliphatic carbocycles. The lowest BCUT2D eigenvalue weighted by molar-refractivity contribution is 0.0697. The van der Waals surface area contributed by atoms with Crippen molar-refractivity contribution in [3.63, 3.8) is 0 Å². The van der Waals surface area contributed by atoms with E-state index in [2.05, 4.69) is 6.92 Å². The molecule has 0 spiro atoms. The minimum atomic E-state index is -0.954. The molecule has 16 heavy (non-hydrogen) atoms. The van der Waals surface area contributed by atoms with E-state index in [1.54, 1.807) is 12.1 Å². The standard InChI is InChI=1S/C12H16ClNO2/c1-3-4-7-14(2)11-6-5-9(12(15)16)8-10(11)13/h5-6,8H,3-4,7H2,1-2H3,(H,15,16). The van der Waals surface area contributed by atoms with E-state index in [9.17, 15) is 4.79 Å². The third kappa shape index (κ3) is 3.14. The second kappa shape index (κ2) is 5.75. The molecule has 88 valence electrons. The van der Waals surface area contributed by atoms with Gasteiger partial charge in [-0.15, -0.1) is 0 Å². The van der Waals surface area contributed by atoms with E-state index in [1.165, 1.54) is 6.07 Å². The molecule has 0 heterocycles. The van der Waals surface area contributed by atoms with Crippen molar-refractivity contribution in [2.75, 3.05) is 18.5 Å². The van der Waals surface area contributed by atoms with Crippen LogP contribution in [0.4, 0.5) is 5.69 Å². The number of carboxylic acid groups (broad SMARTS) is 1. The summed E-state index contributed by atoms with van der Waals surface area (Å²) in [6, 6.07) is 4.81. The molecule has 1 rings (SSSR count). The third-order valence-corrected chi connectivity index (χ3v) is 2.76. The van der Waals surface area contributed by atoms with Crippen molar-refractivity contribution in [1.29, 1.82) is 0 Å². The summed E-state index contributed by atoms with van der Waals surface area (Å²) in [6.45, 7) is 3.05. The molecule has 1 N–H and O–H groups in total. The highest BCUT2D eigenvalue weighted by Crippen LogP contribution is 2.26. The topological polar surface area (TPSA) is 40.5 Å². The Hall–Kier alpha value is -1.22. The highest BCUT2D eigenvalue weighted by molar-refractivity contribution is 6.33. The molecule has 1 aromatic carbocycles. The summed E-state index contributed by atoms with van der Waals surface area (Å²) in [4.78, 5) is 12.8. The Morgan fingerprint density at radius 3 is 2.69 bits per heavy atom. The van der Waals surface area contributed by atoms with Crippen molar-refractivity contribution < 1.29 is 9.90 Å². The number of unbranched alkanes of at least 4 members (excludes halogenated alkanes) is 1. The molecule has 0 aromatic heterocycles. The van der Waals surface area contributed by atoms with E-state index < -0.39 is 5.97 Å². The van der Waals surface area contributed by atoms with E-state index in [0.717, 1.165) is 25.1 Å². The number of aromatic carboxylic acids is 1. The van der Waals surface area contributed by atoms with Crippen molar-refractivity contribution in [3.8, 4) is 0 Å². The van der Waals surface area contributed by atoms with E-state index >= 15 is 0 Å². The summed E-state index contributed by atoms with van der Waals surface area (Å²) in [5, 5.41) is 9.29. The zero-order chi connectivity index (χ0) is 12.1. The van der Waals surface area contributed by atoms with Gasteiger partial charge in [0.25, 0.3) is 0 Å². The van der Waals surface area contributed by atoms with E-state index in [1.807, 2.05) is 11.9 Å². The van der Waals surface area contributed by atoms with E-state index in [0.29, 0.717) is 5.02 Å². The van der Waals surface area contributed by atoms with Gasteiger partial charge in [0.2, 0.25) is 0 Å². The van der Waals surface area contributed by atoms with Gasteiger partial charge in [-0.3, -0.25) is 0 Å². The summed E-state index contributed by atoms with van der Waals surface area (Å²) >= 11 is 6.04. The predicted molar refractivity (Wildman–Crippen MR) is 66.6 cm³/mol. The monoisotopic (exact) mass is 241 g/mol. The van der Waals surface area contributed by atoms with Gasteiger partial charge in [0.05, 0.1) is 16.3 Å². The first-order valence-corrected chi connectivity index (χ1v) is 5.68. The summed E-state index contributed by atoms with van der Waals surface area (Å²) < 4.78 is 0. The maximum Gasteiger partial charge on any atom is 0.335 e. The lowest BCUT2D eigenvalue weighted by atomic mass is 10.2. The zero-order valence-electron chi connectivity index (χ0n) is 9.53. The molecule has 0 amide bonds. The molecule has 0 radical (unpaired) electrons. The average Bonchev–Trinajstić information content (AvgIpc) is 2.25. The quantitative estimate of drug-likeness (QED) is 0.860. The number of hydrogen-bond donors (Lipinski definition) is 1. The van der Waals surface area contributed by atoms with Crippen LogP contribution >= 0.6 is 11.6 Å². The van der Waals surface area contributed by atoms with Gasteiger partial charge in [0, 0.05) is 13.6 Å². The Morgan fingerprint density at radius 1 is 1.50 bits per heavy atom. The Kier molecular flexibility index (Phi) is 4.62. The van der Waals surface area contributed by atoms with Crippen LogP contribution in [0, 0.1) is 0 Å². The number of carbonyl (C=O) groups is 1. The maximum atomic E-state index is 10.7. The van der Waals surface area contributed by atoms with Crippen LogP contribution in [0.25, 0.3) is 0 Å². The second-order valence-corrected chi connectivity index (χ2v) is 4.15. The van der Waals surface area contributed by atoms with Crippen molar-refractivity contribution >= 4 is 23.3 Å². The van der Waals surface area contributed by atoms with Crippen molar-refractivity contribution in [1.82, 2.24) is 0 Å². The van der Waals surface area contributed by atoms with Gasteiger partial charge >= 0.3 is 5.97 Å². The summed E-state index contributed by atoms with van der Waals surface area (Å²) in [6.07, 6.45) is 2.21. The second-order valence-electron chi connectivity index (χ2n) is 3.75. The number of benzene rings is 1. The Morgan fingerprint density at radius 2 is 2.19 bits per heavy atom. The summed E-state index contributed by atoms with van der Waals surface area (Å²) in [5.41, 5.74) is 1.10. The van der Waals surface area contributed by atoms with Crippen LogP contribution < -0.4 is 4.90 Å². The molecule has 0 aliphatic heterocycles. The molecular formula is C12H16ClNO2. The molecule has 0 aliphatic rings. The van der Waals surface area contributed by atoms with Crippen LogP contribution in [-0.2, 0) is 0 Å². The fourth-order valence-corrected chi connectivity index (χ4v) is 1.79. The molecule has 0 saturated heterocycles. The SMILES string of the molecule is CCCCN(C)c1ccc(C(=O)O)cc1Cl. The van der Waals surface area contributed by atoms with Crippen molar-refractivity contribution in [2.24, 2.45) is 0 Å². The minimum Gasteiger partial charge on any atom is -0.478 e. The highest BCUT2D eigenvalue weighted by atomic mass is 35.5. The first kappa shape index (κ1) is 12.8. The summed E-state index contributed by atoms with van der Waals surface area (Å²) in [5.74, 6) is -0.954. The smallest absolute Gasteiger partial charge is 0.335 e. The van der Waals surface area contributed by atoms with Gasteiger partial charge in [0.1, 0.15) is 0 Å². The Labute approximate surface area is 101 Å². The molecular weight excluding hydrogens is 226 g/mol. The summed E-state index contributed by atoms with van der Waals surface area (Å²) in [7, 11) is 1.96. The number of carboxylic acids is 1. The Balaban J connectivity index is 2.85. The molecule has 0 unspecified atom stereocenters. The first-order chi connectivity index (χ1) is 7.56. The Bertz CT molecular complexity index is 379. The maximum absolute atomic E-state index is 10.7. The van der Waals surface area contributed by atoms with Crippen LogP contribution in [0.3, 0.4) is 0 Å². The molecule has 0 fully saturated rings. The lowest BCUT2D eigenvalue weighted by Gasteiger charge is -2.20. The van der Waals surface area contributed by atoms with Crippen LogP contribution in [0.2, 0.25) is 5.02 Å². The van der Waals surface area contributed by atoms with Gasteiger partial charge in [0.15, 0.2) is 0 Å². The number of anilines is 1. The van der Waals surface area contributed by atoms with E-state index in [4.69, 9.17) is 16.7 Å². The molecule has 0 saturated carbocycles. The molecule has 0 bridgehead atoms. The van der Waals surface area contributed by atoms with Gasteiger partial charge in [-0.05, 0) is 24.6 Å². The zero-order valence-corrected chi connectivity index (χ0v) is 10.3. The normalized spacial score (nSPS) is 10.2. The fraction of sp³-hybridized carbons (Fsp3) is 0.417. The molecule has 1 aromatic rings. The first-order valence-electron chi connectivity index (χ1n) is 5.30. The fourth-order valence-electron chi connectivity index (χ4n) is 1.47. The lowest BCUT2D eigenvalue weighted by Crippen LogP contribution is -2.18. The van der Waals surface area contributed by atoms with Crippen LogP contribution in [0.1, 0.15) is 30.1 Å². The van der Waals surface area contributed by atoms with Crippen LogP contribution in [0.5, 0.6) is 0 Å². The van der Waals surface area contributed by atoms with Gasteiger partial charge in [-0.25, -0.2) is 4.79 Å². The predicted octanol–water partition coefficient (Wildman–Crippen LogP) is 3.27. The molecule has 0 atom stereocenters. The number of hydrogen-bond acceptors (Lipinski definition) is 2. The largest absolute Gasteiger partial charge is 0.478 e. The van der Waals surface area contributed by atoms with Gasteiger partial charge in [-0.1, -0.05) is 24.9 Å². The number of rotatable bonds is 5. The van der Waals surface area contributed by atoms with E-state index in [-0.39, 0.29) is 5.56 Å².